The Balaban J connectivity index is 2.87. The molecule has 370 valence electrons. The van der Waals surface area contributed by atoms with Crippen molar-refractivity contribution in [3.8, 4) is 0 Å². The first-order valence-electron chi connectivity index (χ1n) is 26.8. The molecule has 4 atom stereocenters. The highest BCUT2D eigenvalue weighted by Gasteiger charge is 2.52. The van der Waals surface area contributed by atoms with Crippen molar-refractivity contribution < 1.29 is 42.9 Å². The molecule has 0 amide bonds. The van der Waals surface area contributed by atoms with Gasteiger partial charge in [0.05, 0.1) is 0 Å². The minimum absolute atomic E-state index is 0.206. The lowest BCUT2D eigenvalue weighted by Gasteiger charge is -2.24. The van der Waals surface area contributed by atoms with Gasteiger partial charge in [0, 0.05) is 25.7 Å². The second-order valence-electron chi connectivity index (χ2n) is 18.9. The van der Waals surface area contributed by atoms with E-state index in [1.807, 2.05) is 19.0 Å². The molecule has 1 saturated heterocycles. The maximum atomic E-state index is 13.4. The van der Waals surface area contributed by atoms with E-state index in [4.69, 9.17) is 23.7 Å². The summed E-state index contributed by atoms with van der Waals surface area (Å²) in [5.41, 5.74) is 0. The Morgan fingerprint density at radius 2 is 0.683 bits per heavy atom. The topological polar surface area (TPSA) is 118 Å². The number of nitrogens with zero attached hydrogens (tertiary/aromatic N) is 1. The van der Waals surface area contributed by atoms with Crippen molar-refractivity contribution >= 4 is 23.9 Å². The molecule has 1 rings (SSSR count). The van der Waals surface area contributed by atoms with Gasteiger partial charge in [0.25, 0.3) is 0 Å². The maximum Gasteiger partial charge on any atom is 0.308 e. The van der Waals surface area contributed by atoms with E-state index < -0.39 is 48.5 Å². The molecule has 0 bridgehead atoms. The first-order chi connectivity index (χ1) is 30.7. The van der Waals surface area contributed by atoms with Gasteiger partial charge in [0.15, 0.2) is 6.10 Å². The van der Waals surface area contributed by atoms with Gasteiger partial charge in [-0.1, -0.05) is 213 Å². The van der Waals surface area contributed by atoms with E-state index in [0.29, 0.717) is 25.7 Å². The lowest BCUT2D eigenvalue weighted by atomic mass is 10.1. The SMILES string of the molecule is CCCCCCCCCCCCCC(=O)OC1[C@H](OC(=O)CCCCCCCCCCCCC)O[C@H](COC(=O)CCCN(C)C)[C@@H]1OC(=O)CCCCCCCCCCCCC. The van der Waals surface area contributed by atoms with E-state index in [1.165, 1.54) is 135 Å². The molecule has 1 fully saturated rings. The Labute approximate surface area is 387 Å². The van der Waals surface area contributed by atoms with Crippen LogP contribution in [0.5, 0.6) is 0 Å². The third-order valence-corrected chi connectivity index (χ3v) is 12.4. The second kappa shape index (κ2) is 42.4. The molecule has 0 aliphatic carbocycles. The summed E-state index contributed by atoms with van der Waals surface area (Å²) in [6.45, 7) is 7.25. The van der Waals surface area contributed by atoms with E-state index in [9.17, 15) is 19.2 Å². The second-order valence-corrected chi connectivity index (χ2v) is 18.9. The fraction of sp³-hybridized carbons (Fsp3) is 0.925. The first-order valence-corrected chi connectivity index (χ1v) is 26.8. The van der Waals surface area contributed by atoms with Crippen LogP contribution >= 0.6 is 0 Å². The number of hydrogen-bond donors (Lipinski definition) is 0. The quantitative estimate of drug-likeness (QED) is 0.0332. The molecule has 0 saturated carbocycles. The van der Waals surface area contributed by atoms with Crippen LogP contribution in [0.1, 0.15) is 265 Å². The lowest BCUT2D eigenvalue weighted by molar-refractivity contribution is -0.200. The molecule has 0 aromatic heterocycles. The number of hydrogen-bond acceptors (Lipinski definition) is 10. The molecule has 0 radical (unpaired) electrons. The van der Waals surface area contributed by atoms with Gasteiger partial charge in [-0.25, -0.2) is 0 Å². The average molecular weight is 894 g/mol. The fourth-order valence-corrected chi connectivity index (χ4v) is 8.39. The van der Waals surface area contributed by atoms with Crippen molar-refractivity contribution in [2.75, 3.05) is 27.2 Å². The van der Waals surface area contributed by atoms with Crippen molar-refractivity contribution in [2.24, 2.45) is 0 Å². The standard InChI is InChI=1S/C53H99NO9/c1-6-9-12-15-18-21-24-27-30-33-36-40-48(56)61-51-46(45-59-47(55)43-39-44-54(4)5)60-53(63-50(58)42-38-35-32-29-26-23-20-17-14-11-8-3)52(51)62-49(57)41-37-34-31-28-25-22-19-16-13-10-7-2/h46,51-53H,6-45H2,1-5H3/t46-,51+,52?,53+/m1/s1. The van der Waals surface area contributed by atoms with Gasteiger partial charge < -0.3 is 28.6 Å². The summed E-state index contributed by atoms with van der Waals surface area (Å²) in [5.74, 6) is -1.72. The fourth-order valence-electron chi connectivity index (χ4n) is 8.39. The van der Waals surface area contributed by atoms with E-state index in [0.717, 1.165) is 64.3 Å². The number of rotatable bonds is 45. The summed E-state index contributed by atoms with van der Waals surface area (Å²) < 4.78 is 29.8. The van der Waals surface area contributed by atoms with Crippen LogP contribution in [0.2, 0.25) is 0 Å². The van der Waals surface area contributed by atoms with Gasteiger partial charge in [-0.2, -0.15) is 0 Å². The summed E-state index contributed by atoms with van der Waals surface area (Å²) in [5, 5.41) is 0. The summed E-state index contributed by atoms with van der Waals surface area (Å²) in [4.78, 5) is 54.8. The van der Waals surface area contributed by atoms with Gasteiger partial charge in [-0.3, -0.25) is 19.2 Å². The smallest absolute Gasteiger partial charge is 0.308 e. The molecule has 1 heterocycles. The predicted octanol–water partition coefficient (Wildman–Crippen LogP) is 14.1. The maximum absolute atomic E-state index is 13.4. The summed E-state index contributed by atoms with van der Waals surface area (Å²) in [6, 6.07) is 0. The molecule has 1 aliphatic heterocycles. The molecule has 10 heteroatoms. The molecule has 63 heavy (non-hydrogen) atoms. The van der Waals surface area contributed by atoms with Crippen molar-refractivity contribution in [1.82, 2.24) is 4.90 Å². The number of carbonyl (C=O) groups excluding carboxylic acids is 4. The normalized spacial score (nSPS) is 17.3. The van der Waals surface area contributed by atoms with Gasteiger partial charge in [0.1, 0.15) is 12.7 Å². The minimum Gasteiger partial charge on any atom is -0.463 e. The molecule has 1 aliphatic rings. The van der Waals surface area contributed by atoms with Crippen molar-refractivity contribution in [3.05, 3.63) is 0 Å². The van der Waals surface area contributed by atoms with Crippen molar-refractivity contribution in [1.29, 1.82) is 0 Å². The highest BCUT2D eigenvalue weighted by Crippen LogP contribution is 2.30. The average Bonchev–Trinajstić information content (AvgIpc) is 3.56. The molecule has 0 aromatic rings. The Kier molecular flexibility index (Phi) is 39.6. The largest absolute Gasteiger partial charge is 0.463 e. The molecule has 1 unspecified atom stereocenters. The summed E-state index contributed by atoms with van der Waals surface area (Å²) in [7, 11) is 3.90. The van der Waals surface area contributed by atoms with Crippen LogP contribution in [0.4, 0.5) is 0 Å². The van der Waals surface area contributed by atoms with Crippen LogP contribution in [0.3, 0.4) is 0 Å². The molecule has 0 aromatic carbocycles. The Morgan fingerprint density at radius 3 is 1.03 bits per heavy atom. The lowest BCUT2D eigenvalue weighted by Crippen LogP contribution is -2.42. The number of esters is 4. The molecule has 0 spiro atoms. The zero-order chi connectivity index (χ0) is 46.0. The molecule has 0 N–H and O–H groups in total. The van der Waals surface area contributed by atoms with Gasteiger partial charge in [0.2, 0.25) is 12.4 Å². The van der Waals surface area contributed by atoms with Crippen molar-refractivity contribution in [3.63, 3.8) is 0 Å². The Morgan fingerprint density at radius 1 is 0.381 bits per heavy atom. The first kappa shape index (κ1) is 58.8. The summed E-state index contributed by atoms with van der Waals surface area (Å²) in [6.07, 6.45) is 35.6. The van der Waals surface area contributed by atoms with Crippen molar-refractivity contribution in [2.45, 2.75) is 289 Å². The van der Waals surface area contributed by atoms with E-state index in [-0.39, 0.29) is 32.3 Å². The van der Waals surface area contributed by atoms with Crippen LogP contribution in [0.25, 0.3) is 0 Å². The molecular formula is C53H99NO9. The van der Waals surface area contributed by atoms with E-state index >= 15 is 0 Å². The third kappa shape index (κ3) is 34.8. The highest BCUT2D eigenvalue weighted by atomic mass is 16.8. The van der Waals surface area contributed by atoms with Crippen LogP contribution in [-0.4, -0.2) is 80.6 Å². The van der Waals surface area contributed by atoms with Crippen LogP contribution in [0.15, 0.2) is 0 Å². The van der Waals surface area contributed by atoms with Gasteiger partial charge in [-0.15, -0.1) is 0 Å². The zero-order valence-corrected chi connectivity index (χ0v) is 41.7. The number of carbonyl (C=O) groups is 4. The third-order valence-electron chi connectivity index (χ3n) is 12.4. The Bertz CT molecular complexity index is 1100. The Hall–Kier alpha value is -2.20. The number of unbranched alkanes of at least 4 members (excludes halogenated alkanes) is 30. The molecule has 10 nitrogen and oxygen atoms in total. The number of ether oxygens (including phenoxy) is 5. The van der Waals surface area contributed by atoms with Crippen LogP contribution in [0, 0.1) is 0 Å². The predicted molar refractivity (Wildman–Crippen MR) is 256 cm³/mol. The van der Waals surface area contributed by atoms with E-state index in [1.54, 1.807) is 0 Å². The van der Waals surface area contributed by atoms with Gasteiger partial charge in [-0.05, 0) is 46.3 Å². The minimum atomic E-state index is -1.27. The van der Waals surface area contributed by atoms with E-state index in [2.05, 4.69) is 20.8 Å². The highest BCUT2D eigenvalue weighted by molar-refractivity contribution is 5.72. The monoisotopic (exact) mass is 894 g/mol. The van der Waals surface area contributed by atoms with Crippen LogP contribution in [-0.2, 0) is 42.9 Å². The van der Waals surface area contributed by atoms with Crippen LogP contribution < -0.4 is 0 Å². The zero-order valence-electron chi connectivity index (χ0n) is 41.7. The van der Waals surface area contributed by atoms with Gasteiger partial charge >= 0.3 is 23.9 Å². The molecular weight excluding hydrogens is 795 g/mol. The summed E-state index contributed by atoms with van der Waals surface area (Å²) >= 11 is 0.